The second-order valence-corrected chi connectivity index (χ2v) is 6.74. The summed E-state index contributed by atoms with van der Waals surface area (Å²) in [6.45, 7) is 11.6. The van der Waals surface area contributed by atoms with Gasteiger partial charge in [-0.25, -0.2) is 0 Å². The summed E-state index contributed by atoms with van der Waals surface area (Å²) in [4.78, 5) is 2.42. The van der Waals surface area contributed by atoms with Crippen LogP contribution in [0.5, 0.6) is 0 Å². The molecule has 0 aromatic carbocycles. The van der Waals surface area contributed by atoms with Gasteiger partial charge in [-0.1, -0.05) is 26.7 Å². The van der Waals surface area contributed by atoms with Crippen molar-refractivity contribution in [3.8, 4) is 0 Å². The van der Waals surface area contributed by atoms with Crippen molar-refractivity contribution < 1.29 is 0 Å². The second kappa shape index (κ2) is 8.16. The molecule has 0 heterocycles. The molecule has 1 N–H and O–H groups in total. The van der Waals surface area contributed by atoms with Crippen molar-refractivity contribution in [2.75, 3.05) is 20.1 Å². The summed E-state index contributed by atoms with van der Waals surface area (Å²) < 4.78 is 0. The molecule has 0 aliphatic heterocycles. The van der Waals surface area contributed by atoms with Crippen molar-refractivity contribution in [1.82, 2.24) is 10.2 Å². The van der Waals surface area contributed by atoms with E-state index in [4.69, 9.17) is 0 Å². The van der Waals surface area contributed by atoms with E-state index in [0.717, 1.165) is 24.4 Å². The molecule has 2 nitrogen and oxygen atoms in total. The van der Waals surface area contributed by atoms with Crippen LogP contribution in [-0.2, 0) is 0 Å². The average molecular weight is 254 g/mol. The smallest absolute Gasteiger partial charge is 0.0107 e. The first kappa shape index (κ1) is 16.0. The van der Waals surface area contributed by atoms with Crippen molar-refractivity contribution in [1.29, 1.82) is 0 Å². The molecule has 1 aliphatic carbocycles. The number of hydrogen-bond acceptors (Lipinski definition) is 2. The van der Waals surface area contributed by atoms with Crippen LogP contribution in [0.25, 0.3) is 0 Å². The summed E-state index contributed by atoms with van der Waals surface area (Å²) in [6, 6.07) is 1.43. The molecule has 0 radical (unpaired) electrons. The van der Waals surface area contributed by atoms with Gasteiger partial charge in [0.25, 0.3) is 0 Å². The Morgan fingerprint density at radius 3 is 2.39 bits per heavy atom. The Bertz CT molecular complexity index is 213. The molecular formula is C16H34N2. The van der Waals surface area contributed by atoms with Gasteiger partial charge in [-0.3, -0.25) is 0 Å². The van der Waals surface area contributed by atoms with Gasteiger partial charge in [0, 0.05) is 25.2 Å². The Balaban J connectivity index is 2.19. The highest BCUT2D eigenvalue weighted by atomic mass is 15.1. The first-order chi connectivity index (χ1) is 8.50. The van der Waals surface area contributed by atoms with Crippen LogP contribution in [-0.4, -0.2) is 37.1 Å². The molecule has 2 heteroatoms. The third kappa shape index (κ3) is 5.71. The molecule has 1 fully saturated rings. The predicted octanol–water partition coefficient (Wildman–Crippen LogP) is 3.52. The number of nitrogens with zero attached hydrogens (tertiary/aromatic N) is 1. The van der Waals surface area contributed by atoms with Crippen LogP contribution in [0.15, 0.2) is 0 Å². The SMILES string of the molecule is CC(C)C1CCCC(NCCN(C)C(C)C)CC1. The van der Waals surface area contributed by atoms with Crippen molar-refractivity contribution in [3.63, 3.8) is 0 Å². The van der Waals surface area contributed by atoms with Gasteiger partial charge in [-0.15, -0.1) is 0 Å². The van der Waals surface area contributed by atoms with Crippen LogP contribution < -0.4 is 5.32 Å². The number of hydrogen-bond donors (Lipinski definition) is 1. The van der Waals surface area contributed by atoms with E-state index in [1.54, 1.807) is 0 Å². The molecule has 1 aliphatic rings. The van der Waals surface area contributed by atoms with E-state index in [1.165, 1.54) is 38.6 Å². The predicted molar refractivity (Wildman–Crippen MR) is 81.0 cm³/mol. The minimum Gasteiger partial charge on any atom is -0.313 e. The minimum absolute atomic E-state index is 0.659. The fraction of sp³-hybridized carbons (Fsp3) is 1.00. The second-order valence-electron chi connectivity index (χ2n) is 6.74. The van der Waals surface area contributed by atoms with Crippen molar-refractivity contribution in [2.45, 2.75) is 71.9 Å². The Morgan fingerprint density at radius 1 is 1.06 bits per heavy atom. The number of rotatable bonds is 6. The fourth-order valence-corrected chi connectivity index (χ4v) is 2.90. The summed E-state index contributed by atoms with van der Waals surface area (Å²) in [5, 5.41) is 3.77. The molecule has 2 unspecified atom stereocenters. The zero-order valence-corrected chi connectivity index (χ0v) is 13.2. The first-order valence-corrected chi connectivity index (χ1v) is 7.94. The van der Waals surface area contributed by atoms with Gasteiger partial charge in [0.2, 0.25) is 0 Å². The Labute approximate surface area is 115 Å². The minimum atomic E-state index is 0.659. The molecule has 0 saturated heterocycles. The van der Waals surface area contributed by atoms with E-state index in [1.807, 2.05) is 0 Å². The largest absolute Gasteiger partial charge is 0.313 e. The highest BCUT2D eigenvalue weighted by Gasteiger charge is 2.20. The van der Waals surface area contributed by atoms with Gasteiger partial charge in [0.05, 0.1) is 0 Å². The molecule has 1 saturated carbocycles. The zero-order chi connectivity index (χ0) is 13.5. The molecule has 18 heavy (non-hydrogen) atoms. The maximum absolute atomic E-state index is 3.77. The van der Waals surface area contributed by atoms with E-state index in [9.17, 15) is 0 Å². The normalized spacial score (nSPS) is 26.0. The van der Waals surface area contributed by atoms with Crippen molar-refractivity contribution >= 4 is 0 Å². The van der Waals surface area contributed by atoms with Crippen LogP contribution in [0, 0.1) is 11.8 Å². The van der Waals surface area contributed by atoms with E-state index >= 15 is 0 Å². The summed E-state index contributed by atoms with van der Waals surface area (Å²) in [6.07, 6.45) is 7.06. The quantitative estimate of drug-likeness (QED) is 0.730. The first-order valence-electron chi connectivity index (χ1n) is 7.94. The third-order valence-corrected chi connectivity index (χ3v) is 4.74. The summed E-state index contributed by atoms with van der Waals surface area (Å²) in [7, 11) is 2.22. The number of likely N-dealkylation sites (N-methyl/N-ethyl adjacent to an activating group) is 1. The van der Waals surface area contributed by atoms with E-state index < -0.39 is 0 Å². The van der Waals surface area contributed by atoms with Crippen LogP contribution >= 0.6 is 0 Å². The lowest BCUT2D eigenvalue weighted by atomic mass is 9.89. The van der Waals surface area contributed by atoms with E-state index in [-0.39, 0.29) is 0 Å². The summed E-state index contributed by atoms with van der Waals surface area (Å²) in [5.74, 6) is 1.84. The van der Waals surface area contributed by atoms with Gasteiger partial charge in [-0.2, -0.15) is 0 Å². The molecule has 0 aromatic rings. The monoisotopic (exact) mass is 254 g/mol. The van der Waals surface area contributed by atoms with Crippen LogP contribution in [0.3, 0.4) is 0 Å². The van der Waals surface area contributed by atoms with Crippen LogP contribution in [0.1, 0.15) is 59.8 Å². The van der Waals surface area contributed by atoms with Crippen molar-refractivity contribution in [2.24, 2.45) is 11.8 Å². The Morgan fingerprint density at radius 2 is 1.78 bits per heavy atom. The zero-order valence-electron chi connectivity index (χ0n) is 13.2. The molecule has 0 spiro atoms. The molecule has 0 amide bonds. The molecule has 1 rings (SSSR count). The van der Waals surface area contributed by atoms with Gasteiger partial charge in [0.15, 0.2) is 0 Å². The topological polar surface area (TPSA) is 15.3 Å². The van der Waals surface area contributed by atoms with Crippen LogP contribution in [0.4, 0.5) is 0 Å². The van der Waals surface area contributed by atoms with Gasteiger partial charge >= 0.3 is 0 Å². The lowest BCUT2D eigenvalue weighted by molar-refractivity contribution is 0.265. The van der Waals surface area contributed by atoms with Gasteiger partial charge in [-0.05, 0) is 52.0 Å². The van der Waals surface area contributed by atoms with Crippen molar-refractivity contribution in [3.05, 3.63) is 0 Å². The average Bonchev–Trinajstić information content (AvgIpc) is 2.54. The summed E-state index contributed by atoms with van der Waals surface area (Å²) >= 11 is 0. The fourth-order valence-electron chi connectivity index (χ4n) is 2.90. The van der Waals surface area contributed by atoms with Gasteiger partial charge < -0.3 is 10.2 Å². The Hall–Kier alpha value is -0.0800. The highest BCUT2D eigenvalue weighted by molar-refractivity contribution is 4.76. The summed E-state index contributed by atoms with van der Waals surface area (Å²) in [5.41, 5.74) is 0. The standard InChI is InChI=1S/C16H34N2/c1-13(2)15-7-6-8-16(10-9-15)17-11-12-18(5)14(3)4/h13-17H,6-12H2,1-5H3. The Kier molecular flexibility index (Phi) is 7.25. The molecule has 0 aromatic heterocycles. The van der Waals surface area contributed by atoms with E-state index in [2.05, 4.69) is 45.0 Å². The maximum Gasteiger partial charge on any atom is 0.0107 e. The maximum atomic E-state index is 3.77. The highest BCUT2D eigenvalue weighted by Crippen LogP contribution is 2.28. The third-order valence-electron chi connectivity index (χ3n) is 4.74. The molecule has 0 bridgehead atoms. The lowest BCUT2D eigenvalue weighted by Crippen LogP contribution is -2.38. The molecule has 2 atom stereocenters. The molecule has 108 valence electrons. The number of nitrogens with one attached hydrogen (secondary N) is 1. The van der Waals surface area contributed by atoms with Crippen LogP contribution in [0.2, 0.25) is 0 Å². The van der Waals surface area contributed by atoms with Gasteiger partial charge in [0.1, 0.15) is 0 Å². The van der Waals surface area contributed by atoms with E-state index in [0.29, 0.717) is 6.04 Å². The lowest BCUT2D eigenvalue weighted by Gasteiger charge is -2.23. The molecular weight excluding hydrogens is 220 g/mol.